The molecular weight excluding hydrogens is 489 g/mol. The average molecular weight is 517 g/mol. The van der Waals surface area contributed by atoms with Crippen molar-refractivity contribution in [2.45, 2.75) is 32.0 Å². The molecule has 12 heteroatoms. The van der Waals surface area contributed by atoms with Crippen LogP contribution < -0.4 is 19.5 Å². The minimum absolute atomic E-state index is 0.0195. The van der Waals surface area contributed by atoms with Crippen molar-refractivity contribution in [1.29, 1.82) is 0 Å². The zero-order chi connectivity index (χ0) is 25.8. The highest BCUT2D eigenvalue weighted by atomic mass is 32.2. The zero-order valence-electron chi connectivity index (χ0n) is 19.4. The van der Waals surface area contributed by atoms with E-state index < -0.39 is 22.1 Å². The number of sulfonamides is 1. The molecule has 0 bridgehead atoms. The van der Waals surface area contributed by atoms with Crippen molar-refractivity contribution in [2.24, 2.45) is 17.8 Å². The molecule has 0 aliphatic carbocycles. The Kier molecular flexibility index (Phi) is 8.16. The molecule has 1 heterocycles. The lowest BCUT2D eigenvalue weighted by atomic mass is 9.81. The molecule has 0 saturated carbocycles. The standard InChI is InChI=1S/C23H27F3N2O6S/c1-4-33-19-11-16(27-22(29)21-14(2)12-32-13-15(21)3)8-9-20(19)35(30,31)28-17-6-5-7-18(10-17)34-23(24,25)26/h5-11,14-15,21,28H,4,12-13H2,1-3H3,(H,27,29)/t14-,15+,21?. The Morgan fingerprint density at radius 3 is 2.40 bits per heavy atom. The van der Waals surface area contributed by atoms with Crippen molar-refractivity contribution in [3.63, 3.8) is 0 Å². The molecule has 2 aromatic rings. The number of carbonyl (C=O) groups is 1. The van der Waals surface area contributed by atoms with Gasteiger partial charge in [0.25, 0.3) is 10.0 Å². The van der Waals surface area contributed by atoms with E-state index in [-0.39, 0.29) is 46.6 Å². The summed E-state index contributed by atoms with van der Waals surface area (Å²) in [6.45, 7) is 6.62. The Morgan fingerprint density at radius 2 is 1.77 bits per heavy atom. The average Bonchev–Trinajstić information content (AvgIpc) is 2.72. The van der Waals surface area contributed by atoms with Gasteiger partial charge in [-0.2, -0.15) is 0 Å². The highest BCUT2D eigenvalue weighted by Crippen LogP contribution is 2.33. The molecule has 1 amide bonds. The topological polar surface area (TPSA) is 103 Å². The van der Waals surface area contributed by atoms with Crippen molar-refractivity contribution >= 4 is 27.3 Å². The Balaban J connectivity index is 1.82. The van der Waals surface area contributed by atoms with Gasteiger partial charge in [0.05, 0.1) is 12.3 Å². The van der Waals surface area contributed by atoms with Crippen LogP contribution in [0.15, 0.2) is 47.4 Å². The van der Waals surface area contributed by atoms with Gasteiger partial charge in [0.2, 0.25) is 5.91 Å². The van der Waals surface area contributed by atoms with E-state index in [1.807, 2.05) is 13.8 Å². The molecule has 0 radical (unpaired) electrons. The second-order valence-corrected chi connectivity index (χ2v) is 9.93. The van der Waals surface area contributed by atoms with Gasteiger partial charge in [-0.3, -0.25) is 9.52 Å². The lowest BCUT2D eigenvalue weighted by molar-refractivity contribution is -0.274. The normalized spacial score (nSPS) is 20.7. The Hall–Kier alpha value is -2.99. The smallest absolute Gasteiger partial charge is 0.492 e. The van der Waals surface area contributed by atoms with E-state index >= 15 is 0 Å². The van der Waals surface area contributed by atoms with Crippen molar-refractivity contribution < 1.29 is 40.6 Å². The maximum atomic E-state index is 13.0. The summed E-state index contributed by atoms with van der Waals surface area (Å²) in [6.07, 6.45) is -4.92. The van der Waals surface area contributed by atoms with Crippen LogP contribution in [0.2, 0.25) is 0 Å². The predicted molar refractivity (Wildman–Crippen MR) is 123 cm³/mol. The summed E-state index contributed by atoms with van der Waals surface area (Å²) >= 11 is 0. The fourth-order valence-electron chi connectivity index (χ4n) is 3.99. The third kappa shape index (κ3) is 7.01. The van der Waals surface area contributed by atoms with E-state index in [2.05, 4.69) is 14.8 Å². The number of benzene rings is 2. The quantitative estimate of drug-likeness (QED) is 0.530. The van der Waals surface area contributed by atoms with Crippen LogP contribution in [0.25, 0.3) is 0 Å². The highest BCUT2D eigenvalue weighted by molar-refractivity contribution is 7.92. The van der Waals surface area contributed by atoms with E-state index in [1.54, 1.807) is 6.92 Å². The number of nitrogens with one attached hydrogen (secondary N) is 2. The predicted octanol–water partition coefficient (Wildman–Crippen LogP) is 4.64. The van der Waals surface area contributed by atoms with E-state index in [9.17, 15) is 26.4 Å². The van der Waals surface area contributed by atoms with Crippen LogP contribution in [0.4, 0.5) is 24.5 Å². The summed E-state index contributed by atoms with van der Waals surface area (Å²) in [5.74, 6) is -1.02. The summed E-state index contributed by atoms with van der Waals surface area (Å²) in [7, 11) is -4.25. The number of rotatable bonds is 8. The van der Waals surface area contributed by atoms with Gasteiger partial charge in [-0.05, 0) is 43.0 Å². The fraction of sp³-hybridized carbons (Fsp3) is 0.435. The number of anilines is 2. The Labute approximate surface area is 201 Å². The second-order valence-electron chi connectivity index (χ2n) is 8.28. The first-order chi connectivity index (χ1) is 16.4. The monoisotopic (exact) mass is 516 g/mol. The van der Waals surface area contributed by atoms with Gasteiger partial charge in [-0.1, -0.05) is 19.9 Å². The van der Waals surface area contributed by atoms with Gasteiger partial charge in [-0.15, -0.1) is 13.2 Å². The molecule has 0 aromatic heterocycles. The first kappa shape index (κ1) is 26.6. The number of carbonyl (C=O) groups excluding carboxylic acids is 1. The summed E-state index contributed by atoms with van der Waals surface area (Å²) in [6, 6.07) is 8.55. The van der Waals surface area contributed by atoms with Gasteiger partial charge in [0, 0.05) is 37.0 Å². The van der Waals surface area contributed by atoms with Crippen molar-refractivity contribution in [3.8, 4) is 11.5 Å². The fourth-order valence-corrected chi connectivity index (χ4v) is 5.17. The third-order valence-electron chi connectivity index (χ3n) is 5.41. The molecule has 35 heavy (non-hydrogen) atoms. The van der Waals surface area contributed by atoms with Crippen LogP contribution in [0, 0.1) is 17.8 Å². The lowest BCUT2D eigenvalue weighted by Crippen LogP contribution is -2.40. The first-order valence-electron chi connectivity index (χ1n) is 10.9. The van der Waals surface area contributed by atoms with E-state index in [0.29, 0.717) is 18.9 Å². The molecule has 1 aliphatic rings. The molecule has 0 spiro atoms. The van der Waals surface area contributed by atoms with Crippen LogP contribution in [0.3, 0.4) is 0 Å². The van der Waals surface area contributed by atoms with Gasteiger partial charge in [0.15, 0.2) is 0 Å². The maximum absolute atomic E-state index is 13.0. The molecule has 3 atom stereocenters. The molecule has 1 fully saturated rings. The molecule has 2 aromatic carbocycles. The molecular formula is C23H27F3N2O6S. The first-order valence-corrected chi connectivity index (χ1v) is 12.4. The number of ether oxygens (including phenoxy) is 3. The molecule has 8 nitrogen and oxygen atoms in total. The van der Waals surface area contributed by atoms with Gasteiger partial charge < -0.3 is 19.5 Å². The molecule has 1 saturated heterocycles. The minimum Gasteiger partial charge on any atom is -0.492 e. The molecule has 3 rings (SSSR count). The summed E-state index contributed by atoms with van der Waals surface area (Å²) in [4.78, 5) is 12.6. The van der Waals surface area contributed by atoms with Crippen LogP contribution in [0.1, 0.15) is 20.8 Å². The molecule has 1 aliphatic heterocycles. The summed E-state index contributed by atoms with van der Waals surface area (Å²) in [5.41, 5.74) is 0.220. The van der Waals surface area contributed by atoms with Crippen molar-refractivity contribution in [2.75, 3.05) is 29.9 Å². The van der Waals surface area contributed by atoms with Crippen molar-refractivity contribution in [3.05, 3.63) is 42.5 Å². The van der Waals surface area contributed by atoms with Crippen LogP contribution in [0.5, 0.6) is 11.5 Å². The number of hydrogen-bond acceptors (Lipinski definition) is 6. The van der Waals surface area contributed by atoms with Gasteiger partial charge >= 0.3 is 6.36 Å². The summed E-state index contributed by atoms with van der Waals surface area (Å²) < 4.78 is 80.5. The maximum Gasteiger partial charge on any atom is 0.573 e. The molecule has 2 N–H and O–H groups in total. The minimum atomic E-state index is -4.92. The van der Waals surface area contributed by atoms with E-state index in [0.717, 1.165) is 12.1 Å². The zero-order valence-corrected chi connectivity index (χ0v) is 20.2. The lowest BCUT2D eigenvalue weighted by Gasteiger charge is -2.33. The second kappa shape index (κ2) is 10.7. The number of alkyl halides is 3. The number of halogens is 3. The van der Waals surface area contributed by atoms with Crippen LogP contribution in [-0.4, -0.2) is 40.5 Å². The van der Waals surface area contributed by atoms with E-state index in [1.165, 1.54) is 30.3 Å². The highest BCUT2D eigenvalue weighted by Gasteiger charge is 2.34. The van der Waals surface area contributed by atoms with Crippen LogP contribution in [-0.2, 0) is 19.6 Å². The van der Waals surface area contributed by atoms with Gasteiger partial charge in [-0.25, -0.2) is 8.42 Å². The van der Waals surface area contributed by atoms with E-state index in [4.69, 9.17) is 9.47 Å². The Bertz CT molecular complexity index is 1150. The van der Waals surface area contributed by atoms with Gasteiger partial charge in [0.1, 0.15) is 16.4 Å². The van der Waals surface area contributed by atoms with Crippen molar-refractivity contribution in [1.82, 2.24) is 0 Å². The number of hydrogen-bond donors (Lipinski definition) is 2. The largest absolute Gasteiger partial charge is 0.573 e. The Morgan fingerprint density at radius 1 is 1.09 bits per heavy atom. The van der Waals surface area contributed by atoms with Crippen LogP contribution >= 0.6 is 0 Å². The molecule has 1 unspecified atom stereocenters. The third-order valence-corrected chi connectivity index (χ3v) is 6.83. The summed E-state index contributed by atoms with van der Waals surface area (Å²) in [5, 5.41) is 2.82. The SMILES string of the molecule is CCOc1cc(NC(=O)C2[C@H](C)COC[C@@H]2C)ccc1S(=O)(=O)Nc1cccc(OC(F)(F)F)c1. The molecule has 192 valence electrons. The number of amides is 1.